The highest BCUT2D eigenvalue weighted by Crippen LogP contribution is 2.35. The maximum absolute atomic E-state index is 6.04. The van der Waals surface area contributed by atoms with Crippen molar-refractivity contribution in [2.45, 2.75) is 43.9 Å². The average molecular weight is 325 g/mol. The fourth-order valence-corrected chi connectivity index (χ4v) is 3.92. The van der Waals surface area contributed by atoms with E-state index in [0.717, 1.165) is 29.7 Å². The molecule has 1 aromatic carbocycles. The van der Waals surface area contributed by atoms with Gasteiger partial charge in [-0.2, -0.15) is 0 Å². The molecular weight excluding hydrogens is 302 g/mol. The molecule has 0 N–H and O–H groups in total. The summed E-state index contributed by atoms with van der Waals surface area (Å²) in [7, 11) is 3.90. The third-order valence-corrected chi connectivity index (χ3v) is 5.38. The molecule has 0 saturated carbocycles. The molecule has 3 atom stereocenters. The number of piperidine rings is 1. The predicted octanol–water partition coefficient (Wildman–Crippen LogP) is 3.16. The lowest BCUT2D eigenvalue weighted by molar-refractivity contribution is 0.0601. The SMILES string of the molecule is COc1ccc(-c2cnc(O[C@@H]3C[C@H]4CC[C@@H](C3)N4C)nc2)cc1. The number of aromatic nitrogens is 2. The highest BCUT2D eigenvalue weighted by Gasteiger charge is 2.39. The number of fused-ring (bicyclic) bond motifs is 2. The molecule has 2 fully saturated rings. The number of rotatable bonds is 4. The summed E-state index contributed by atoms with van der Waals surface area (Å²) in [6, 6.07) is 9.70. The molecule has 0 spiro atoms. The lowest BCUT2D eigenvalue weighted by Gasteiger charge is -2.35. The van der Waals surface area contributed by atoms with Crippen LogP contribution in [0.5, 0.6) is 11.8 Å². The predicted molar refractivity (Wildman–Crippen MR) is 92.2 cm³/mol. The fourth-order valence-electron chi connectivity index (χ4n) is 3.92. The van der Waals surface area contributed by atoms with E-state index in [4.69, 9.17) is 9.47 Å². The highest BCUT2D eigenvalue weighted by molar-refractivity contribution is 5.62. The summed E-state index contributed by atoms with van der Waals surface area (Å²) in [4.78, 5) is 11.3. The minimum Gasteiger partial charge on any atom is -0.497 e. The van der Waals surface area contributed by atoms with Crippen LogP contribution in [0, 0.1) is 0 Å². The van der Waals surface area contributed by atoms with Crippen molar-refractivity contribution in [1.29, 1.82) is 0 Å². The monoisotopic (exact) mass is 325 g/mol. The van der Waals surface area contributed by atoms with E-state index in [9.17, 15) is 0 Å². The summed E-state index contributed by atoms with van der Waals surface area (Å²) in [5.41, 5.74) is 2.05. The molecule has 1 aromatic heterocycles. The first-order chi connectivity index (χ1) is 11.7. The van der Waals surface area contributed by atoms with E-state index in [2.05, 4.69) is 21.9 Å². The smallest absolute Gasteiger partial charge is 0.316 e. The van der Waals surface area contributed by atoms with Crippen LogP contribution < -0.4 is 9.47 Å². The van der Waals surface area contributed by atoms with Crippen LogP contribution in [0.1, 0.15) is 25.7 Å². The molecule has 126 valence electrons. The molecule has 2 aliphatic rings. The zero-order chi connectivity index (χ0) is 16.5. The Morgan fingerprint density at radius 2 is 1.58 bits per heavy atom. The van der Waals surface area contributed by atoms with Crippen molar-refractivity contribution in [3.05, 3.63) is 36.7 Å². The van der Waals surface area contributed by atoms with Crippen LogP contribution in [0.2, 0.25) is 0 Å². The van der Waals surface area contributed by atoms with Gasteiger partial charge < -0.3 is 14.4 Å². The number of nitrogens with zero attached hydrogens (tertiary/aromatic N) is 3. The first-order valence-electron chi connectivity index (χ1n) is 8.58. The third kappa shape index (κ3) is 2.96. The van der Waals surface area contributed by atoms with Gasteiger partial charge in [0.15, 0.2) is 0 Å². The summed E-state index contributed by atoms with van der Waals surface area (Å²) in [6.45, 7) is 0. The first-order valence-corrected chi connectivity index (χ1v) is 8.58. The van der Waals surface area contributed by atoms with E-state index in [1.807, 2.05) is 36.7 Å². The second kappa shape index (κ2) is 6.40. The van der Waals surface area contributed by atoms with E-state index in [1.54, 1.807) is 7.11 Å². The number of hydrogen-bond acceptors (Lipinski definition) is 5. The Morgan fingerprint density at radius 1 is 0.958 bits per heavy atom. The van der Waals surface area contributed by atoms with Crippen LogP contribution in [0.3, 0.4) is 0 Å². The Kier molecular flexibility index (Phi) is 4.10. The molecule has 0 aliphatic carbocycles. The van der Waals surface area contributed by atoms with Crippen molar-refractivity contribution in [3.63, 3.8) is 0 Å². The Bertz CT molecular complexity index is 673. The normalized spacial score (nSPS) is 26.3. The Labute approximate surface area is 142 Å². The van der Waals surface area contributed by atoms with Gasteiger partial charge in [0.2, 0.25) is 0 Å². The quantitative estimate of drug-likeness (QED) is 0.864. The maximum Gasteiger partial charge on any atom is 0.316 e. The van der Waals surface area contributed by atoms with Crippen LogP contribution >= 0.6 is 0 Å². The van der Waals surface area contributed by atoms with Gasteiger partial charge in [0.05, 0.1) is 7.11 Å². The number of hydrogen-bond donors (Lipinski definition) is 0. The third-order valence-electron chi connectivity index (χ3n) is 5.38. The van der Waals surface area contributed by atoms with E-state index in [0.29, 0.717) is 18.1 Å². The van der Waals surface area contributed by atoms with Crippen molar-refractivity contribution in [2.75, 3.05) is 14.2 Å². The fraction of sp³-hybridized carbons (Fsp3) is 0.474. The summed E-state index contributed by atoms with van der Waals surface area (Å²) < 4.78 is 11.2. The molecule has 4 rings (SSSR count). The van der Waals surface area contributed by atoms with Crippen LogP contribution in [0.25, 0.3) is 11.1 Å². The summed E-state index contributed by atoms with van der Waals surface area (Å²) >= 11 is 0. The summed E-state index contributed by atoms with van der Waals surface area (Å²) in [5.74, 6) is 0.844. The second-order valence-corrected chi connectivity index (χ2v) is 6.74. The van der Waals surface area contributed by atoms with Crippen molar-refractivity contribution in [1.82, 2.24) is 14.9 Å². The average Bonchev–Trinajstić information content (AvgIpc) is 2.84. The van der Waals surface area contributed by atoms with Crippen LogP contribution in [-0.2, 0) is 0 Å². The lowest BCUT2D eigenvalue weighted by Crippen LogP contribution is -2.44. The number of benzene rings is 1. The van der Waals surface area contributed by atoms with Gasteiger partial charge in [-0.05, 0) is 37.6 Å². The maximum atomic E-state index is 6.04. The van der Waals surface area contributed by atoms with Gasteiger partial charge in [0, 0.05) is 42.9 Å². The van der Waals surface area contributed by atoms with Gasteiger partial charge in [0.1, 0.15) is 11.9 Å². The minimum absolute atomic E-state index is 0.241. The van der Waals surface area contributed by atoms with Crippen molar-refractivity contribution in [3.8, 4) is 22.9 Å². The van der Waals surface area contributed by atoms with E-state index in [-0.39, 0.29) is 6.10 Å². The van der Waals surface area contributed by atoms with E-state index in [1.165, 1.54) is 12.8 Å². The minimum atomic E-state index is 0.241. The molecular formula is C19H23N3O2. The summed E-state index contributed by atoms with van der Waals surface area (Å²) in [6.07, 6.45) is 8.64. The highest BCUT2D eigenvalue weighted by atomic mass is 16.5. The van der Waals surface area contributed by atoms with Gasteiger partial charge in [-0.3, -0.25) is 0 Å². The standard InChI is InChI=1S/C19H23N3O2/c1-22-15-5-6-16(22)10-18(9-15)24-19-20-11-14(12-21-19)13-3-7-17(23-2)8-4-13/h3-4,7-8,11-12,15-16,18H,5-6,9-10H2,1-2H3/t15-,16+,18-. The Balaban J connectivity index is 1.42. The number of methoxy groups -OCH3 is 1. The largest absolute Gasteiger partial charge is 0.497 e. The van der Waals surface area contributed by atoms with Gasteiger partial charge in [0.25, 0.3) is 0 Å². The van der Waals surface area contributed by atoms with Crippen molar-refractivity contribution < 1.29 is 9.47 Å². The van der Waals surface area contributed by atoms with Gasteiger partial charge in [-0.15, -0.1) is 0 Å². The van der Waals surface area contributed by atoms with Gasteiger partial charge in [-0.1, -0.05) is 12.1 Å². The topological polar surface area (TPSA) is 47.5 Å². The van der Waals surface area contributed by atoms with E-state index >= 15 is 0 Å². The molecule has 3 heterocycles. The molecule has 24 heavy (non-hydrogen) atoms. The number of ether oxygens (including phenoxy) is 2. The van der Waals surface area contributed by atoms with Crippen LogP contribution in [0.15, 0.2) is 36.7 Å². The molecule has 0 amide bonds. The Hall–Kier alpha value is -2.14. The zero-order valence-corrected chi connectivity index (χ0v) is 14.2. The van der Waals surface area contributed by atoms with Crippen molar-refractivity contribution >= 4 is 0 Å². The van der Waals surface area contributed by atoms with E-state index < -0.39 is 0 Å². The lowest BCUT2D eigenvalue weighted by atomic mass is 10.0. The second-order valence-electron chi connectivity index (χ2n) is 6.74. The van der Waals surface area contributed by atoms with Crippen LogP contribution in [-0.4, -0.2) is 47.2 Å². The molecule has 0 radical (unpaired) electrons. The summed E-state index contributed by atoms with van der Waals surface area (Å²) in [5, 5.41) is 0. The molecule has 5 heteroatoms. The van der Waals surface area contributed by atoms with Crippen molar-refractivity contribution in [2.24, 2.45) is 0 Å². The first kappa shape index (κ1) is 15.4. The van der Waals surface area contributed by atoms with Crippen LogP contribution in [0.4, 0.5) is 0 Å². The molecule has 5 nitrogen and oxygen atoms in total. The van der Waals surface area contributed by atoms with Gasteiger partial charge >= 0.3 is 6.01 Å². The molecule has 2 saturated heterocycles. The van der Waals surface area contributed by atoms with Gasteiger partial charge in [-0.25, -0.2) is 9.97 Å². The molecule has 2 bridgehead atoms. The zero-order valence-electron chi connectivity index (χ0n) is 14.2. The molecule has 0 unspecified atom stereocenters. The molecule has 2 aliphatic heterocycles. The molecule has 2 aromatic rings. The Morgan fingerprint density at radius 3 is 2.17 bits per heavy atom.